The molecule has 1 aromatic rings. The van der Waals surface area contributed by atoms with Gasteiger partial charge < -0.3 is 24.6 Å². The van der Waals surface area contributed by atoms with Crippen molar-refractivity contribution in [3.05, 3.63) is 35.9 Å². The second-order valence-electron chi connectivity index (χ2n) is 7.80. The molecule has 2 rings (SSSR count). The summed E-state index contributed by atoms with van der Waals surface area (Å²) in [7, 11) is 1.56. The number of carbonyl (C=O) groups excluding carboxylic acids is 1. The average molecular weight is 411 g/mol. The third-order valence-electron chi connectivity index (χ3n) is 4.25. The van der Waals surface area contributed by atoms with E-state index in [4.69, 9.17) is 26.4 Å². The van der Waals surface area contributed by atoms with E-state index in [0.717, 1.165) is 5.56 Å². The molecule has 0 saturated carbocycles. The van der Waals surface area contributed by atoms with E-state index in [1.807, 2.05) is 30.3 Å². The molecule has 1 fully saturated rings. The van der Waals surface area contributed by atoms with E-state index in [9.17, 15) is 9.90 Å². The Kier molecular flexibility index (Phi) is 8.18. The highest BCUT2D eigenvalue weighted by Gasteiger charge is 2.33. The van der Waals surface area contributed by atoms with Crippen molar-refractivity contribution >= 4 is 23.4 Å². The van der Waals surface area contributed by atoms with Gasteiger partial charge in [0.15, 0.2) is 5.11 Å². The van der Waals surface area contributed by atoms with E-state index in [0.29, 0.717) is 19.6 Å². The number of nitrogens with zero attached hydrogens (tertiary/aromatic N) is 1. The molecule has 8 heteroatoms. The van der Waals surface area contributed by atoms with Crippen molar-refractivity contribution < 1.29 is 24.1 Å². The first-order chi connectivity index (χ1) is 13.2. The highest BCUT2D eigenvalue weighted by Crippen LogP contribution is 2.20. The molecule has 1 heterocycles. The fourth-order valence-electron chi connectivity index (χ4n) is 2.73. The van der Waals surface area contributed by atoms with Crippen molar-refractivity contribution in [2.75, 3.05) is 20.3 Å². The molecular formula is C20H30N2O5S. The van der Waals surface area contributed by atoms with Gasteiger partial charge in [-0.25, -0.2) is 4.79 Å². The maximum atomic E-state index is 12.2. The Morgan fingerprint density at radius 2 is 2.04 bits per heavy atom. The molecule has 3 atom stereocenters. The summed E-state index contributed by atoms with van der Waals surface area (Å²) in [5, 5.41) is 12.8. The van der Waals surface area contributed by atoms with Gasteiger partial charge in [0.25, 0.3) is 0 Å². The summed E-state index contributed by atoms with van der Waals surface area (Å²) in [6.07, 6.45) is -0.511. The predicted octanol–water partition coefficient (Wildman–Crippen LogP) is 2.46. The first kappa shape index (κ1) is 22.5. The predicted molar refractivity (Wildman–Crippen MR) is 110 cm³/mol. The Balaban J connectivity index is 1.97. The third kappa shape index (κ3) is 7.01. The maximum Gasteiger partial charge on any atom is 0.416 e. The van der Waals surface area contributed by atoms with Gasteiger partial charge in [-0.1, -0.05) is 30.3 Å². The van der Waals surface area contributed by atoms with Crippen molar-refractivity contribution in [1.82, 2.24) is 10.2 Å². The molecule has 1 aliphatic rings. The van der Waals surface area contributed by atoms with E-state index >= 15 is 0 Å². The smallest absolute Gasteiger partial charge is 0.416 e. The standard InChI is InChI=1S/C20H30N2O5S/c1-20(2,3)27-19(24)22(4)18(28)21-16-13-25-15(11-23)10-17(16)26-12-14-8-6-5-7-9-14/h5-9,15-17,23H,10-13H2,1-4H3,(H,21,28). The second kappa shape index (κ2) is 10.2. The van der Waals surface area contributed by atoms with Crippen LogP contribution < -0.4 is 5.32 Å². The van der Waals surface area contributed by atoms with Crippen LogP contribution in [0.5, 0.6) is 0 Å². The van der Waals surface area contributed by atoms with Crippen molar-refractivity contribution in [3.63, 3.8) is 0 Å². The summed E-state index contributed by atoms with van der Waals surface area (Å²) >= 11 is 5.36. The normalized spacial score (nSPS) is 22.4. The Morgan fingerprint density at radius 3 is 2.64 bits per heavy atom. The van der Waals surface area contributed by atoms with Crippen LogP contribution in [0.2, 0.25) is 0 Å². The lowest BCUT2D eigenvalue weighted by Crippen LogP contribution is -2.56. The lowest BCUT2D eigenvalue weighted by atomic mass is 10.0. The summed E-state index contributed by atoms with van der Waals surface area (Å²) in [4.78, 5) is 13.5. The van der Waals surface area contributed by atoms with Gasteiger partial charge in [0.2, 0.25) is 0 Å². The molecule has 0 radical (unpaired) electrons. The minimum atomic E-state index is -0.607. The first-order valence-electron chi connectivity index (χ1n) is 9.35. The zero-order chi connectivity index (χ0) is 20.7. The minimum Gasteiger partial charge on any atom is -0.443 e. The van der Waals surface area contributed by atoms with Crippen LogP contribution in [0.1, 0.15) is 32.8 Å². The SMILES string of the molecule is CN(C(=O)OC(C)(C)C)C(=S)NC1COC(CO)CC1OCc1ccccc1. The lowest BCUT2D eigenvalue weighted by molar-refractivity contribution is -0.107. The number of carbonyl (C=O) groups is 1. The Labute approximate surface area is 171 Å². The summed E-state index contributed by atoms with van der Waals surface area (Å²) in [6.45, 7) is 6.08. The van der Waals surface area contributed by atoms with Gasteiger partial charge in [0.05, 0.1) is 38.1 Å². The number of ether oxygens (including phenoxy) is 3. The zero-order valence-electron chi connectivity index (χ0n) is 16.9. The number of aliphatic hydroxyl groups excluding tert-OH is 1. The van der Waals surface area contributed by atoms with Crippen LogP contribution in [0, 0.1) is 0 Å². The fraction of sp³-hybridized carbons (Fsp3) is 0.600. The van der Waals surface area contributed by atoms with Gasteiger partial charge in [0.1, 0.15) is 5.60 Å². The number of hydrogen-bond acceptors (Lipinski definition) is 6. The molecule has 1 saturated heterocycles. The van der Waals surface area contributed by atoms with Crippen molar-refractivity contribution in [2.45, 2.75) is 57.6 Å². The molecule has 7 nitrogen and oxygen atoms in total. The number of thiocarbonyl (C=S) groups is 1. The second-order valence-corrected chi connectivity index (χ2v) is 8.19. The number of benzene rings is 1. The maximum absolute atomic E-state index is 12.2. The van der Waals surface area contributed by atoms with Crippen LogP contribution in [0.15, 0.2) is 30.3 Å². The van der Waals surface area contributed by atoms with Crippen molar-refractivity contribution in [3.8, 4) is 0 Å². The molecule has 0 spiro atoms. The molecule has 156 valence electrons. The van der Waals surface area contributed by atoms with Crippen LogP contribution in [0.4, 0.5) is 4.79 Å². The van der Waals surface area contributed by atoms with Crippen molar-refractivity contribution in [1.29, 1.82) is 0 Å². The number of hydrogen-bond donors (Lipinski definition) is 2. The van der Waals surface area contributed by atoms with E-state index in [-0.39, 0.29) is 30.0 Å². The van der Waals surface area contributed by atoms with E-state index < -0.39 is 11.7 Å². The van der Waals surface area contributed by atoms with Gasteiger partial charge in [-0.3, -0.25) is 4.90 Å². The van der Waals surface area contributed by atoms with Gasteiger partial charge in [-0.15, -0.1) is 0 Å². The number of aliphatic hydroxyl groups is 1. The van der Waals surface area contributed by atoms with Crippen LogP contribution in [0.25, 0.3) is 0 Å². The van der Waals surface area contributed by atoms with Gasteiger partial charge in [-0.2, -0.15) is 0 Å². The first-order valence-corrected chi connectivity index (χ1v) is 9.75. The zero-order valence-corrected chi connectivity index (χ0v) is 17.7. The Bertz CT molecular complexity index is 650. The van der Waals surface area contributed by atoms with E-state index in [1.165, 1.54) is 4.90 Å². The van der Waals surface area contributed by atoms with Gasteiger partial charge in [-0.05, 0) is 38.6 Å². The fourth-order valence-corrected chi connectivity index (χ4v) is 2.96. The molecule has 0 aromatic heterocycles. The molecule has 28 heavy (non-hydrogen) atoms. The number of nitrogens with one attached hydrogen (secondary N) is 1. The third-order valence-corrected chi connectivity index (χ3v) is 4.64. The van der Waals surface area contributed by atoms with Gasteiger partial charge in [0, 0.05) is 13.5 Å². The van der Waals surface area contributed by atoms with Crippen LogP contribution >= 0.6 is 12.2 Å². The Hall–Kier alpha value is -1.74. The van der Waals surface area contributed by atoms with E-state index in [1.54, 1.807) is 27.8 Å². The lowest BCUT2D eigenvalue weighted by Gasteiger charge is -2.37. The highest BCUT2D eigenvalue weighted by atomic mass is 32.1. The highest BCUT2D eigenvalue weighted by molar-refractivity contribution is 7.80. The summed E-state index contributed by atoms with van der Waals surface area (Å²) in [5.41, 5.74) is 0.451. The van der Waals surface area contributed by atoms with Crippen LogP contribution in [-0.2, 0) is 20.8 Å². The minimum absolute atomic E-state index is 0.0693. The molecule has 1 amide bonds. The summed E-state index contributed by atoms with van der Waals surface area (Å²) in [5.74, 6) is 0. The molecule has 3 unspecified atom stereocenters. The summed E-state index contributed by atoms with van der Waals surface area (Å²) < 4.78 is 17.1. The molecule has 0 bridgehead atoms. The van der Waals surface area contributed by atoms with E-state index in [2.05, 4.69) is 5.32 Å². The van der Waals surface area contributed by atoms with Crippen LogP contribution in [-0.4, -0.2) is 65.3 Å². The largest absolute Gasteiger partial charge is 0.443 e. The average Bonchev–Trinajstić information content (AvgIpc) is 2.66. The topological polar surface area (TPSA) is 80.3 Å². The molecule has 1 aromatic carbocycles. The van der Waals surface area contributed by atoms with Gasteiger partial charge >= 0.3 is 6.09 Å². The molecule has 1 aliphatic heterocycles. The molecule has 0 aliphatic carbocycles. The molecular weight excluding hydrogens is 380 g/mol. The van der Waals surface area contributed by atoms with Crippen molar-refractivity contribution in [2.24, 2.45) is 0 Å². The van der Waals surface area contributed by atoms with Crippen LogP contribution in [0.3, 0.4) is 0 Å². The quantitative estimate of drug-likeness (QED) is 0.722. The molecule has 2 N–H and O–H groups in total. The number of amides is 1. The summed E-state index contributed by atoms with van der Waals surface area (Å²) in [6, 6.07) is 9.61. The monoisotopic (exact) mass is 410 g/mol. The number of rotatable bonds is 5. The Morgan fingerprint density at radius 1 is 1.36 bits per heavy atom.